The van der Waals surface area contributed by atoms with Gasteiger partial charge in [-0.2, -0.15) is 0 Å². The Morgan fingerprint density at radius 3 is 2.50 bits per heavy atom. The van der Waals surface area contributed by atoms with Crippen molar-refractivity contribution in [3.63, 3.8) is 0 Å². The minimum Gasteiger partial charge on any atom is -0.389 e. The van der Waals surface area contributed by atoms with Gasteiger partial charge < -0.3 is 14.6 Å². The number of ether oxygens (including phenoxy) is 2. The Balaban J connectivity index is 3.63. The average molecular weight is 205 g/mol. The smallest absolute Gasteiger partial charge is 0.0900 e. The number of methoxy groups -OCH3 is 1. The zero-order chi connectivity index (χ0) is 11.0. The van der Waals surface area contributed by atoms with E-state index in [4.69, 9.17) is 9.47 Å². The highest BCUT2D eigenvalue weighted by molar-refractivity contribution is 4.66. The molecule has 4 nitrogen and oxygen atoms in total. The Bertz CT molecular complexity index is 133. The van der Waals surface area contributed by atoms with Gasteiger partial charge in [0.2, 0.25) is 0 Å². The standard InChI is InChI=1S/C10H23NO3/c1-5-14-8-10(12)6-11(3)9(2)7-13-4/h9-10,12H,5-8H2,1-4H3. The second-order valence-corrected chi connectivity index (χ2v) is 3.56. The van der Waals surface area contributed by atoms with Crippen LogP contribution < -0.4 is 0 Å². The number of aliphatic hydroxyl groups excluding tert-OH is 1. The van der Waals surface area contributed by atoms with Crippen molar-refractivity contribution in [2.24, 2.45) is 0 Å². The molecule has 0 saturated carbocycles. The van der Waals surface area contributed by atoms with E-state index in [9.17, 15) is 5.11 Å². The Labute approximate surface area is 86.8 Å². The lowest BCUT2D eigenvalue weighted by molar-refractivity contribution is 0.0119. The SMILES string of the molecule is CCOCC(O)CN(C)C(C)COC. The maximum absolute atomic E-state index is 9.56. The molecule has 0 aromatic heterocycles. The number of likely N-dealkylation sites (N-methyl/N-ethyl adjacent to an activating group) is 1. The summed E-state index contributed by atoms with van der Waals surface area (Å²) in [6, 6.07) is 0.316. The van der Waals surface area contributed by atoms with Crippen molar-refractivity contribution in [2.45, 2.75) is 26.0 Å². The van der Waals surface area contributed by atoms with E-state index < -0.39 is 6.10 Å². The van der Waals surface area contributed by atoms with E-state index >= 15 is 0 Å². The predicted octanol–water partition coefficient (Wildman–Crippen LogP) is 0.350. The maximum Gasteiger partial charge on any atom is 0.0900 e. The molecule has 1 N–H and O–H groups in total. The summed E-state index contributed by atoms with van der Waals surface area (Å²) < 4.78 is 10.2. The molecule has 0 saturated heterocycles. The number of hydrogen-bond acceptors (Lipinski definition) is 4. The minimum absolute atomic E-state index is 0.316. The highest BCUT2D eigenvalue weighted by Crippen LogP contribution is 1.98. The van der Waals surface area contributed by atoms with E-state index in [1.54, 1.807) is 7.11 Å². The summed E-state index contributed by atoms with van der Waals surface area (Å²) in [6.07, 6.45) is -0.417. The summed E-state index contributed by atoms with van der Waals surface area (Å²) in [5.41, 5.74) is 0. The monoisotopic (exact) mass is 205 g/mol. The third-order valence-corrected chi connectivity index (χ3v) is 2.17. The highest BCUT2D eigenvalue weighted by Gasteiger charge is 2.13. The van der Waals surface area contributed by atoms with Crippen LogP contribution in [0.4, 0.5) is 0 Å². The Kier molecular flexibility index (Phi) is 8.08. The molecule has 0 bridgehead atoms. The summed E-state index contributed by atoms with van der Waals surface area (Å²) in [4.78, 5) is 2.06. The van der Waals surface area contributed by atoms with Crippen LogP contribution in [0, 0.1) is 0 Å². The molecule has 2 atom stereocenters. The first-order valence-electron chi connectivity index (χ1n) is 5.06. The van der Waals surface area contributed by atoms with Crippen molar-refractivity contribution in [3.05, 3.63) is 0 Å². The lowest BCUT2D eigenvalue weighted by Crippen LogP contribution is -2.39. The van der Waals surface area contributed by atoms with Crippen molar-refractivity contribution in [2.75, 3.05) is 40.5 Å². The fourth-order valence-electron chi connectivity index (χ4n) is 1.19. The fraction of sp³-hybridized carbons (Fsp3) is 1.00. The second-order valence-electron chi connectivity index (χ2n) is 3.56. The summed E-state index contributed by atoms with van der Waals surface area (Å²) in [6.45, 7) is 6.33. The van der Waals surface area contributed by atoms with Crippen LogP contribution in [0.2, 0.25) is 0 Å². The molecule has 0 aliphatic rings. The van der Waals surface area contributed by atoms with E-state index in [-0.39, 0.29) is 0 Å². The topological polar surface area (TPSA) is 41.9 Å². The van der Waals surface area contributed by atoms with Crippen LogP contribution in [0.1, 0.15) is 13.8 Å². The molecular formula is C10H23NO3. The number of nitrogens with zero attached hydrogens (tertiary/aromatic N) is 1. The molecule has 2 unspecified atom stereocenters. The highest BCUT2D eigenvalue weighted by atomic mass is 16.5. The summed E-state index contributed by atoms with van der Waals surface area (Å²) in [5, 5.41) is 9.56. The van der Waals surface area contributed by atoms with E-state index in [1.807, 2.05) is 14.0 Å². The largest absolute Gasteiger partial charge is 0.389 e. The molecule has 0 radical (unpaired) electrons. The zero-order valence-corrected chi connectivity index (χ0v) is 9.69. The van der Waals surface area contributed by atoms with Gasteiger partial charge in [0, 0.05) is 26.3 Å². The van der Waals surface area contributed by atoms with Crippen molar-refractivity contribution in [1.82, 2.24) is 4.90 Å². The first-order valence-corrected chi connectivity index (χ1v) is 5.06. The predicted molar refractivity (Wildman–Crippen MR) is 56.5 cm³/mol. The minimum atomic E-state index is -0.417. The average Bonchev–Trinajstić information content (AvgIpc) is 2.15. The van der Waals surface area contributed by atoms with Gasteiger partial charge in [-0.3, -0.25) is 4.90 Å². The first kappa shape index (κ1) is 13.8. The molecule has 86 valence electrons. The third kappa shape index (κ3) is 6.32. The molecule has 14 heavy (non-hydrogen) atoms. The number of rotatable bonds is 8. The lowest BCUT2D eigenvalue weighted by atomic mass is 10.2. The van der Waals surface area contributed by atoms with Gasteiger partial charge in [0.15, 0.2) is 0 Å². The van der Waals surface area contributed by atoms with Gasteiger partial charge in [-0.05, 0) is 20.9 Å². The molecule has 0 fully saturated rings. The summed E-state index contributed by atoms with van der Waals surface area (Å²) in [5.74, 6) is 0. The van der Waals surface area contributed by atoms with Gasteiger partial charge in [-0.15, -0.1) is 0 Å². The van der Waals surface area contributed by atoms with E-state index in [0.717, 1.165) is 0 Å². The van der Waals surface area contributed by atoms with Crippen molar-refractivity contribution in [1.29, 1.82) is 0 Å². The Hall–Kier alpha value is -0.160. The lowest BCUT2D eigenvalue weighted by Gasteiger charge is -2.26. The second kappa shape index (κ2) is 8.17. The van der Waals surface area contributed by atoms with Crippen molar-refractivity contribution >= 4 is 0 Å². The molecule has 0 aromatic rings. The molecule has 0 rings (SSSR count). The van der Waals surface area contributed by atoms with Crippen LogP contribution in [-0.2, 0) is 9.47 Å². The number of hydrogen-bond donors (Lipinski definition) is 1. The zero-order valence-electron chi connectivity index (χ0n) is 9.69. The van der Waals surface area contributed by atoms with Crippen LogP contribution in [0.15, 0.2) is 0 Å². The normalized spacial score (nSPS) is 15.9. The summed E-state index contributed by atoms with van der Waals surface area (Å²) in [7, 11) is 3.65. The maximum atomic E-state index is 9.56. The van der Waals surface area contributed by atoms with Crippen molar-refractivity contribution in [3.8, 4) is 0 Å². The fourth-order valence-corrected chi connectivity index (χ4v) is 1.19. The van der Waals surface area contributed by atoms with E-state index in [2.05, 4.69) is 11.8 Å². The Morgan fingerprint density at radius 2 is 2.00 bits per heavy atom. The van der Waals surface area contributed by atoms with Crippen LogP contribution >= 0.6 is 0 Å². The van der Waals surface area contributed by atoms with Gasteiger partial charge in [-0.25, -0.2) is 0 Å². The Morgan fingerprint density at radius 1 is 1.36 bits per heavy atom. The molecule has 0 aliphatic carbocycles. The van der Waals surface area contributed by atoms with E-state index in [0.29, 0.717) is 32.4 Å². The molecule has 0 aromatic carbocycles. The van der Waals surface area contributed by atoms with Gasteiger partial charge in [0.05, 0.1) is 19.3 Å². The van der Waals surface area contributed by atoms with Crippen LogP contribution in [0.3, 0.4) is 0 Å². The van der Waals surface area contributed by atoms with Gasteiger partial charge in [0.1, 0.15) is 0 Å². The van der Waals surface area contributed by atoms with E-state index in [1.165, 1.54) is 0 Å². The summed E-state index contributed by atoms with van der Waals surface area (Å²) >= 11 is 0. The molecular weight excluding hydrogens is 182 g/mol. The van der Waals surface area contributed by atoms with Gasteiger partial charge in [-0.1, -0.05) is 0 Å². The molecule has 0 spiro atoms. The first-order chi connectivity index (χ1) is 6.61. The van der Waals surface area contributed by atoms with Gasteiger partial charge >= 0.3 is 0 Å². The van der Waals surface area contributed by atoms with Crippen LogP contribution in [0.25, 0.3) is 0 Å². The molecule has 0 heterocycles. The number of aliphatic hydroxyl groups is 1. The van der Waals surface area contributed by atoms with Crippen molar-refractivity contribution < 1.29 is 14.6 Å². The van der Waals surface area contributed by atoms with Crippen LogP contribution in [-0.4, -0.2) is 62.7 Å². The van der Waals surface area contributed by atoms with Gasteiger partial charge in [0.25, 0.3) is 0 Å². The molecule has 0 amide bonds. The quantitative estimate of drug-likeness (QED) is 0.621. The van der Waals surface area contributed by atoms with Crippen LogP contribution in [0.5, 0.6) is 0 Å². The molecule has 0 aliphatic heterocycles. The molecule has 4 heteroatoms. The third-order valence-electron chi connectivity index (χ3n) is 2.17.